The van der Waals surface area contributed by atoms with E-state index in [9.17, 15) is 9.18 Å². The Morgan fingerprint density at radius 3 is 2.86 bits per heavy atom. The number of carbonyl (C=O) groups is 1. The van der Waals surface area contributed by atoms with E-state index in [1.165, 1.54) is 6.07 Å². The number of benzene rings is 1. The first-order valence-electron chi connectivity index (χ1n) is 6.99. The maximum atomic E-state index is 13.4. The van der Waals surface area contributed by atoms with E-state index < -0.39 is 0 Å². The van der Waals surface area contributed by atoms with E-state index in [0.29, 0.717) is 23.7 Å². The molecule has 3 N–H and O–H groups in total. The van der Waals surface area contributed by atoms with Crippen LogP contribution in [0.1, 0.15) is 18.9 Å². The van der Waals surface area contributed by atoms with Gasteiger partial charge in [0.2, 0.25) is 5.91 Å². The Morgan fingerprint density at radius 2 is 2.24 bits per heavy atom. The van der Waals surface area contributed by atoms with E-state index in [2.05, 4.69) is 17.1 Å². The average molecular weight is 316 g/mol. The largest absolute Gasteiger partial charge is 0.327 e. The molecule has 1 aliphatic rings. The Labute approximate surface area is 131 Å². The lowest BCUT2D eigenvalue weighted by atomic mass is 9.95. The Morgan fingerprint density at radius 1 is 1.52 bits per heavy atom. The number of nitrogens with zero attached hydrogens (tertiary/aromatic N) is 1. The Bertz CT molecular complexity index is 498. The first-order chi connectivity index (χ1) is 9.45. The van der Waals surface area contributed by atoms with Crippen LogP contribution in [0.25, 0.3) is 0 Å². The number of rotatable bonds is 3. The van der Waals surface area contributed by atoms with Crippen LogP contribution in [0.15, 0.2) is 18.2 Å². The number of hydrogen-bond acceptors (Lipinski definition) is 3. The molecule has 0 radical (unpaired) electrons. The standard InChI is InChI=1S/C15H22FN3O.ClH/c1-10-3-4-12(7-13(10)16)18-15(20)9-19-6-5-14(17)11(2)8-19;/h3-4,7,11,14H,5-6,8-9,17H2,1-2H3,(H,18,20);1H. The van der Waals surface area contributed by atoms with Crippen LogP contribution in [0, 0.1) is 18.7 Å². The third kappa shape index (κ3) is 4.95. The highest BCUT2D eigenvalue weighted by molar-refractivity contribution is 5.92. The molecule has 1 aromatic rings. The molecule has 0 aromatic heterocycles. The minimum absolute atomic E-state index is 0. The van der Waals surface area contributed by atoms with Gasteiger partial charge in [-0.05, 0) is 37.0 Å². The third-order valence-electron chi connectivity index (χ3n) is 3.88. The first kappa shape index (κ1) is 17.9. The van der Waals surface area contributed by atoms with Gasteiger partial charge in [-0.1, -0.05) is 13.0 Å². The number of piperidine rings is 1. The van der Waals surface area contributed by atoms with E-state index in [1.807, 2.05) is 0 Å². The van der Waals surface area contributed by atoms with Gasteiger partial charge in [0.25, 0.3) is 0 Å². The smallest absolute Gasteiger partial charge is 0.238 e. The number of amides is 1. The highest BCUT2D eigenvalue weighted by atomic mass is 35.5. The van der Waals surface area contributed by atoms with Crippen molar-refractivity contribution < 1.29 is 9.18 Å². The quantitative estimate of drug-likeness (QED) is 0.898. The monoisotopic (exact) mass is 315 g/mol. The number of nitrogens with one attached hydrogen (secondary N) is 1. The summed E-state index contributed by atoms with van der Waals surface area (Å²) in [4.78, 5) is 14.0. The maximum absolute atomic E-state index is 13.4. The van der Waals surface area contributed by atoms with Crippen LogP contribution in [0.5, 0.6) is 0 Å². The predicted octanol–water partition coefficient (Wildman–Crippen LogP) is 2.16. The van der Waals surface area contributed by atoms with Gasteiger partial charge in [-0.25, -0.2) is 4.39 Å². The number of aryl methyl sites for hydroxylation is 1. The lowest BCUT2D eigenvalue weighted by Crippen LogP contribution is -2.48. The molecule has 1 heterocycles. The highest BCUT2D eigenvalue weighted by Crippen LogP contribution is 2.16. The molecule has 4 nitrogen and oxygen atoms in total. The second kappa shape index (κ2) is 7.73. The summed E-state index contributed by atoms with van der Waals surface area (Å²) in [6, 6.07) is 4.94. The molecule has 118 valence electrons. The minimum atomic E-state index is -0.305. The zero-order valence-corrected chi connectivity index (χ0v) is 13.3. The molecular weight excluding hydrogens is 293 g/mol. The fraction of sp³-hybridized carbons (Fsp3) is 0.533. The van der Waals surface area contributed by atoms with Crippen LogP contribution in [0.2, 0.25) is 0 Å². The van der Waals surface area contributed by atoms with Crippen LogP contribution in [-0.2, 0) is 4.79 Å². The number of halogens is 2. The SMILES string of the molecule is Cc1ccc(NC(=O)CN2CCC(N)C(C)C2)cc1F.Cl. The fourth-order valence-electron chi connectivity index (χ4n) is 2.47. The first-order valence-corrected chi connectivity index (χ1v) is 6.99. The summed E-state index contributed by atoms with van der Waals surface area (Å²) in [6.07, 6.45) is 0.910. The molecule has 1 amide bonds. The van der Waals surface area contributed by atoms with Gasteiger partial charge in [0.1, 0.15) is 5.82 Å². The van der Waals surface area contributed by atoms with E-state index in [0.717, 1.165) is 19.5 Å². The summed E-state index contributed by atoms with van der Waals surface area (Å²) in [7, 11) is 0. The molecular formula is C15H23ClFN3O. The van der Waals surface area contributed by atoms with Crippen molar-refractivity contribution in [2.45, 2.75) is 26.3 Å². The molecule has 2 atom stereocenters. The summed E-state index contributed by atoms with van der Waals surface area (Å²) in [6.45, 7) is 5.79. The summed E-state index contributed by atoms with van der Waals surface area (Å²) >= 11 is 0. The molecule has 21 heavy (non-hydrogen) atoms. The molecule has 0 spiro atoms. The number of hydrogen-bond donors (Lipinski definition) is 2. The van der Waals surface area contributed by atoms with Crippen molar-refractivity contribution in [2.24, 2.45) is 11.7 Å². The van der Waals surface area contributed by atoms with Gasteiger partial charge in [0, 0.05) is 24.8 Å². The Kier molecular flexibility index (Phi) is 6.58. The second-order valence-electron chi connectivity index (χ2n) is 5.68. The molecule has 1 saturated heterocycles. The average Bonchev–Trinajstić information content (AvgIpc) is 2.38. The lowest BCUT2D eigenvalue weighted by molar-refractivity contribution is -0.117. The number of likely N-dealkylation sites (tertiary alicyclic amines) is 1. The minimum Gasteiger partial charge on any atom is -0.327 e. The van der Waals surface area contributed by atoms with Gasteiger partial charge in [-0.3, -0.25) is 9.69 Å². The molecule has 0 bridgehead atoms. The van der Waals surface area contributed by atoms with E-state index >= 15 is 0 Å². The summed E-state index contributed by atoms with van der Waals surface area (Å²) in [5, 5.41) is 2.73. The van der Waals surface area contributed by atoms with E-state index in [1.54, 1.807) is 19.1 Å². The van der Waals surface area contributed by atoms with E-state index in [-0.39, 0.29) is 30.2 Å². The number of anilines is 1. The number of carbonyl (C=O) groups excluding carboxylic acids is 1. The lowest BCUT2D eigenvalue weighted by Gasteiger charge is -2.34. The van der Waals surface area contributed by atoms with Gasteiger partial charge < -0.3 is 11.1 Å². The molecule has 0 saturated carbocycles. The van der Waals surface area contributed by atoms with Gasteiger partial charge in [0.05, 0.1) is 6.54 Å². The van der Waals surface area contributed by atoms with Gasteiger partial charge in [-0.15, -0.1) is 12.4 Å². The van der Waals surface area contributed by atoms with Crippen LogP contribution in [0.4, 0.5) is 10.1 Å². The molecule has 0 aliphatic carbocycles. The molecule has 2 rings (SSSR count). The van der Waals surface area contributed by atoms with Crippen molar-refractivity contribution in [3.8, 4) is 0 Å². The van der Waals surface area contributed by atoms with Crippen molar-refractivity contribution in [2.75, 3.05) is 25.0 Å². The molecule has 2 unspecified atom stereocenters. The summed E-state index contributed by atoms with van der Waals surface area (Å²) < 4.78 is 13.4. The zero-order valence-electron chi connectivity index (χ0n) is 12.4. The summed E-state index contributed by atoms with van der Waals surface area (Å²) in [5.74, 6) is -0.0235. The van der Waals surface area contributed by atoms with Crippen molar-refractivity contribution in [3.63, 3.8) is 0 Å². The molecule has 1 fully saturated rings. The third-order valence-corrected chi connectivity index (χ3v) is 3.88. The van der Waals surface area contributed by atoms with Crippen molar-refractivity contribution in [1.29, 1.82) is 0 Å². The highest BCUT2D eigenvalue weighted by Gasteiger charge is 2.24. The van der Waals surface area contributed by atoms with Gasteiger partial charge in [-0.2, -0.15) is 0 Å². The molecule has 6 heteroatoms. The Balaban J connectivity index is 0.00000220. The van der Waals surface area contributed by atoms with Gasteiger partial charge in [0.15, 0.2) is 0 Å². The topological polar surface area (TPSA) is 58.4 Å². The molecule has 1 aromatic carbocycles. The van der Waals surface area contributed by atoms with Crippen molar-refractivity contribution in [1.82, 2.24) is 4.90 Å². The predicted molar refractivity (Wildman–Crippen MR) is 85.2 cm³/mol. The second-order valence-corrected chi connectivity index (χ2v) is 5.68. The summed E-state index contributed by atoms with van der Waals surface area (Å²) in [5.41, 5.74) is 7.03. The number of nitrogens with two attached hydrogens (primary N) is 1. The van der Waals surface area contributed by atoms with Crippen LogP contribution >= 0.6 is 12.4 Å². The fourth-order valence-corrected chi connectivity index (χ4v) is 2.47. The van der Waals surface area contributed by atoms with Crippen LogP contribution in [0.3, 0.4) is 0 Å². The van der Waals surface area contributed by atoms with Crippen molar-refractivity contribution in [3.05, 3.63) is 29.6 Å². The Hall–Kier alpha value is -1.17. The van der Waals surface area contributed by atoms with Crippen LogP contribution < -0.4 is 11.1 Å². The van der Waals surface area contributed by atoms with Gasteiger partial charge >= 0.3 is 0 Å². The normalized spacial score (nSPS) is 22.5. The van der Waals surface area contributed by atoms with Crippen molar-refractivity contribution >= 4 is 24.0 Å². The van der Waals surface area contributed by atoms with E-state index in [4.69, 9.17) is 5.73 Å². The van der Waals surface area contributed by atoms with Crippen LogP contribution in [-0.4, -0.2) is 36.5 Å². The molecule has 1 aliphatic heterocycles. The maximum Gasteiger partial charge on any atom is 0.238 e. The zero-order chi connectivity index (χ0) is 14.7.